The molecule has 3 rings (SSSR count). The second kappa shape index (κ2) is 3.98. The minimum absolute atomic E-state index is 0.116. The zero-order chi connectivity index (χ0) is 12.7. The molecule has 1 aliphatic heterocycles. The van der Waals surface area contributed by atoms with Crippen LogP contribution in [-0.4, -0.2) is 16.4 Å². The van der Waals surface area contributed by atoms with Crippen molar-refractivity contribution in [1.82, 2.24) is 4.68 Å². The third kappa shape index (κ3) is 1.70. The highest BCUT2D eigenvalue weighted by Crippen LogP contribution is 2.35. The molecular weight excluding hydrogens is 228 g/mol. The van der Waals surface area contributed by atoms with Crippen LogP contribution in [0.5, 0.6) is 11.5 Å². The fourth-order valence-corrected chi connectivity index (χ4v) is 2.33. The van der Waals surface area contributed by atoms with Gasteiger partial charge in [0.1, 0.15) is 24.1 Å². The van der Waals surface area contributed by atoms with Gasteiger partial charge in [-0.25, -0.2) is 0 Å². The molecule has 0 spiro atoms. The van der Waals surface area contributed by atoms with Crippen LogP contribution in [0, 0.1) is 13.8 Å². The predicted molar refractivity (Wildman–Crippen MR) is 69.6 cm³/mol. The minimum Gasteiger partial charge on any atom is -0.508 e. The van der Waals surface area contributed by atoms with E-state index in [1.54, 1.807) is 12.1 Å². The molecule has 0 saturated carbocycles. The zero-order valence-corrected chi connectivity index (χ0v) is 10.5. The van der Waals surface area contributed by atoms with Crippen LogP contribution < -0.4 is 10.2 Å². The van der Waals surface area contributed by atoms with Crippen LogP contribution in [0.3, 0.4) is 0 Å². The number of aryl methyl sites for hydroxylation is 2. The SMILES string of the molecule is Cc1ccc(C)n1NC1COc2cc(O)ccc21. The molecule has 1 aromatic heterocycles. The Balaban J connectivity index is 1.89. The number of benzene rings is 1. The van der Waals surface area contributed by atoms with Gasteiger partial charge in [0.25, 0.3) is 0 Å². The number of aromatic hydroxyl groups is 1. The molecular formula is C14H16N2O2. The maximum Gasteiger partial charge on any atom is 0.128 e. The quantitative estimate of drug-likeness (QED) is 0.853. The minimum atomic E-state index is 0.116. The Kier molecular flexibility index (Phi) is 2.44. The second-order valence-corrected chi connectivity index (χ2v) is 4.67. The number of phenols is 1. The largest absolute Gasteiger partial charge is 0.508 e. The van der Waals surface area contributed by atoms with Crippen LogP contribution in [0.2, 0.25) is 0 Å². The summed E-state index contributed by atoms with van der Waals surface area (Å²) in [5.74, 6) is 0.998. The Labute approximate surface area is 106 Å². The molecule has 18 heavy (non-hydrogen) atoms. The fourth-order valence-electron chi connectivity index (χ4n) is 2.33. The molecule has 4 heteroatoms. The number of phenolic OH excluding ortho intramolecular Hbond substituents is 1. The highest BCUT2D eigenvalue weighted by Gasteiger charge is 2.25. The summed E-state index contributed by atoms with van der Waals surface area (Å²) < 4.78 is 7.65. The number of aromatic nitrogens is 1. The van der Waals surface area contributed by atoms with Crippen molar-refractivity contribution in [2.75, 3.05) is 12.0 Å². The predicted octanol–water partition coefficient (Wildman–Crippen LogP) is 2.49. The Morgan fingerprint density at radius 1 is 1.22 bits per heavy atom. The number of hydrogen-bond acceptors (Lipinski definition) is 3. The van der Waals surface area contributed by atoms with Crippen LogP contribution in [0.4, 0.5) is 0 Å². The van der Waals surface area contributed by atoms with Gasteiger partial charge in [0, 0.05) is 23.0 Å². The Bertz CT molecular complexity index is 570. The number of ether oxygens (including phenoxy) is 1. The van der Waals surface area contributed by atoms with Crippen molar-refractivity contribution >= 4 is 0 Å². The van der Waals surface area contributed by atoms with Gasteiger partial charge in [0.15, 0.2) is 0 Å². The van der Waals surface area contributed by atoms with Crippen LogP contribution in [0.15, 0.2) is 30.3 Å². The lowest BCUT2D eigenvalue weighted by molar-refractivity contribution is 0.332. The van der Waals surface area contributed by atoms with Crippen LogP contribution in [0.1, 0.15) is 23.0 Å². The van der Waals surface area contributed by atoms with Gasteiger partial charge < -0.3 is 15.3 Å². The average molecular weight is 244 g/mol. The van der Waals surface area contributed by atoms with E-state index in [1.807, 2.05) is 6.07 Å². The van der Waals surface area contributed by atoms with E-state index in [0.29, 0.717) is 6.61 Å². The normalized spacial score (nSPS) is 17.3. The van der Waals surface area contributed by atoms with Crippen LogP contribution >= 0.6 is 0 Å². The Hall–Kier alpha value is -2.10. The first-order valence-electron chi connectivity index (χ1n) is 6.02. The molecule has 2 N–H and O–H groups in total. The van der Waals surface area contributed by atoms with Crippen molar-refractivity contribution in [3.63, 3.8) is 0 Å². The van der Waals surface area contributed by atoms with Crippen molar-refractivity contribution in [1.29, 1.82) is 0 Å². The molecule has 1 unspecified atom stereocenters. The number of nitrogens with one attached hydrogen (secondary N) is 1. The van der Waals surface area contributed by atoms with E-state index >= 15 is 0 Å². The summed E-state index contributed by atoms with van der Waals surface area (Å²) in [6, 6.07) is 9.53. The molecule has 0 amide bonds. The fraction of sp³-hybridized carbons (Fsp3) is 0.286. The second-order valence-electron chi connectivity index (χ2n) is 4.67. The smallest absolute Gasteiger partial charge is 0.128 e. The van der Waals surface area contributed by atoms with E-state index in [1.165, 1.54) is 11.4 Å². The standard InChI is InChI=1S/C14H16N2O2/c1-9-3-4-10(2)16(9)15-13-8-18-14-7-11(17)5-6-12(13)14/h3-7,13,15,17H,8H2,1-2H3. The Morgan fingerprint density at radius 2 is 1.94 bits per heavy atom. The van der Waals surface area contributed by atoms with Crippen molar-refractivity contribution in [3.8, 4) is 11.5 Å². The maximum atomic E-state index is 9.42. The molecule has 0 radical (unpaired) electrons. The first kappa shape index (κ1) is 11.0. The summed E-state index contributed by atoms with van der Waals surface area (Å²) in [5, 5.41) is 9.42. The van der Waals surface area contributed by atoms with E-state index in [0.717, 1.165) is 11.3 Å². The van der Waals surface area contributed by atoms with Gasteiger partial charge in [-0.1, -0.05) is 0 Å². The molecule has 94 valence electrons. The molecule has 4 nitrogen and oxygen atoms in total. The number of fused-ring (bicyclic) bond motifs is 1. The molecule has 0 aliphatic carbocycles. The molecule has 0 saturated heterocycles. The van der Waals surface area contributed by atoms with E-state index in [4.69, 9.17) is 4.74 Å². The molecule has 0 fully saturated rings. The monoisotopic (exact) mass is 244 g/mol. The van der Waals surface area contributed by atoms with Crippen LogP contribution in [0.25, 0.3) is 0 Å². The van der Waals surface area contributed by atoms with E-state index in [9.17, 15) is 5.11 Å². The molecule has 1 aliphatic rings. The first-order valence-corrected chi connectivity index (χ1v) is 6.02. The molecule has 2 aromatic rings. The van der Waals surface area contributed by atoms with E-state index in [2.05, 4.69) is 36.1 Å². The van der Waals surface area contributed by atoms with Crippen molar-refractivity contribution < 1.29 is 9.84 Å². The third-order valence-corrected chi connectivity index (χ3v) is 3.33. The summed E-state index contributed by atoms with van der Waals surface area (Å²) in [5.41, 5.74) is 6.86. The molecule has 0 bridgehead atoms. The number of nitrogens with zero attached hydrogens (tertiary/aromatic N) is 1. The van der Waals surface area contributed by atoms with Gasteiger partial charge in [0.05, 0.1) is 0 Å². The highest BCUT2D eigenvalue weighted by molar-refractivity contribution is 5.45. The number of rotatable bonds is 2. The lowest BCUT2D eigenvalue weighted by Crippen LogP contribution is -2.23. The van der Waals surface area contributed by atoms with Gasteiger partial charge in [-0.05, 0) is 38.1 Å². The summed E-state index contributed by atoms with van der Waals surface area (Å²) >= 11 is 0. The van der Waals surface area contributed by atoms with Gasteiger partial charge in [-0.3, -0.25) is 4.68 Å². The van der Waals surface area contributed by atoms with Crippen molar-refractivity contribution in [2.24, 2.45) is 0 Å². The first-order chi connectivity index (χ1) is 8.65. The van der Waals surface area contributed by atoms with E-state index in [-0.39, 0.29) is 11.8 Å². The zero-order valence-electron chi connectivity index (χ0n) is 10.5. The Morgan fingerprint density at radius 3 is 2.67 bits per heavy atom. The van der Waals surface area contributed by atoms with Gasteiger partial charge in [0.2, 0.25) is 0 Å². The van der Waals surface area contributed by atoms with Crippen LogP contribution in [-0.2, 0) is 0 Å². The van der Waals surface area contributed by atoms with Gasteiger partial charge >= 0.3 is 0 Å². The van der Waals surface area contributed by atoms with Gasteiger partial charge in [-0.15, -0.1) is 0 Å². The number of hydrogen-bond donors (Lipinski definition) is 2. The highest BCUT2D eigenvalue weighted by atomic mass is 16.5. The third-order valence-electron chi connectivity index (χ3n) is 3.33. The summed E-state index contributed by atoms with van der Waals surface area (Å²) in [4.78, 5) is 0. The van der Waals surface area contributed by atoms with Gasteiger partial charge in [-0.2, -0.15) is 0 Å². The van der Waals surface area contributed by atoms with Crippen molar-refractivity contribution in [3.05, 3.63) is 47.3 Å². The van der Waals surface area contributed by atoms with Crippen molar-refractivity contribution in [2.45, 2.75) is 19.9 Å². The molecule has 1 atom stereocenters. The summed E-state index contributed by atoms with van der Waals surface area (Å²) in [6.07, 6.45) is 0. The van der Waals surface area contributed by atoms with E-state index < -0.39 is 0 Å². The summed E-state index contributed by atoms with van der Waals surface area (Å²) in [6.45, 7) is 4.71. The topological polar surface area (TPSA) is 46.4 Å². The maximum absolute atomic E-state index is 9.42. The average Bonchev–Trinajstić information content (AvgIpc) is 2.87. The lowest BCUT2D eigenvalue weighted by Gasteiger charge is -2.18. The molecule has 1 aromatic carbocycles. The molecule has 2 heterocycles. The summed E-state index contributed by atoms with van der Waals surface area (Å²) in [7, 11) is 0. The lowest BCUT2D eigenvalue weighted by atomic mass is 10.1.